The first-order valence-electron chi connectivity index (χ1n) is 8.71. The fraction of sp³-hybridized carbons (Fsp3) is 0.364. The molecule has 0 saturated heterocycles. The zero-order valence-electron chi connectivity index (χ0n) is 14.3. The Bertz CT molecular complexity index is 628. The third-order valence-corrected chi connectivity index (χ3v) is 5.03. The summed E-state index contributed by atoms with van der Waals surface area (Å²) >= 11 is 0. The van der Waals surface area contributed by atoms with Crippen molar-refractivity contribution in [2.45, 2.75) is 37.6 Å². The summed E-state index contributed by atoms with van der Waals surface area (Å²) in [6, 6.07) is 22.6. The van der Waals surface area contributed by atoms with Gasteiger partial charge in [0.15, 0.2) is 0 Å². The van der Waals surface area contributed by atoms with Crippen LogP contribution in [-0.2, 0) is 0 Å². The molecule has 23 heavy (non-hydrogen) atoms. The molecule has 2 atom stereocenters. The van der Waals surface area contributed by atoms with Crippen LogP contribution in [0.25, 0.3) is 5.57 Å². The van der Waals surface area contributed by atoms with E-state index in [1.807, 2.05) is 0 Å². The van der Waals surface area contributed by atoms with Crippen molar-refractivity contribution in [3.05, 3.63) is 77.9 Å². The molecule has 2 aromatic carbocycles. The topological polar surface area (TPSA) is 3.24 Å². The average molecular weight is 305 g/mol. The predicted octanol–water partition coefficient (Wildman–Crippen LogP) is 5.36. The van der Waals surface area contributed by atoms with Crippen LogP contribution in [0.5, 0.6) is 0 Å². The summed E-state index contributed by atoms with van der Waals surface area (Å²) in [5.74, 6) is 0.554. The molecule has 0 bridgehead atoms. The van der Waals surface area contributed by atoms with Crippen LogP contribution in [0, 0.1) is 0 Å². The Kier molecular flexibility index (Phi) is 5.30. The number of allylic oxidation sites excluding steroid dienone is 2. The van der Waals surface area contributed by atoms with Crippen molar-refractivity contribution in [3.8, 4) is 0 Å². The van der Waals surface area contributed by atoms with Crippen LogP contribution in [0.1, 0.15) is 42.7 Å². The van der Waals surface area contributed by atoms with Gasteiger partial charge in [0.05, 0.1) is 0 Å². The summed E-state index contributed by atoms with van der Waals surface area (Å²) in [7, 11) is 4.46. The molecule has 2 aromatic rings. The molecule has 0 aromatic heterocycles. The average Bonchev–Trinajstić information content (AvgIpc) is 2.56. The van der Waals surface area contributed by atoms with Crippen LogP contribution in [0.4, 0.5) is 0 Å². The van der Waals surface area contributed by atoms with Crippen LogP contribution in [-0.4, -0.2) is 25.0 Å². The van der Waals surface area contributed by atoms with Crippen LogP contribution in [0.2, 0.25) is 0 Å². The fourth-order valence-electron chi connectivity index (χ4n) is 3.81. The maximum atomic E-state index is 2.47. The third kappa shape index (κ3) is 3.92. The summed E-state index contributed by atoms with van der Waals surface area (Å²) < 4.78 is 0. The van der Waals surface area contributed by atoms with E-state index in [1.54, 1.807) is 0 Å². The molecule has 0 fully saturated rings. The van der Waals surface area contributed by atoms with Crippen LogP contribution < -0.4 is 0 Å². The summed E-state index contributed by atoms with van der Waals surface area (Å²) in [5.41, 5.74) is 4.36. The standard InChI is InChI=1S/C22H27N/c1-23(2)22-16-10-9-15-20(18-11-5-3-6-12-18)17-21(22)19-13-7-4-8-14-19/h3-8,11-15,21-22H,9-10,16-17H2,1-2H3/t21-,22+/m1/s1. The fourth-order valence-corrected chi connectivity index (χ4v) is 3.81. The molecule has 0 aliphatic heterocycles. The highest BCUT2D eigenvalue weighted by atomic mass is 15.1. The highest BCUT2D eigenvalue weighted by molar-refractivity contribution is 5.66. The molecule has 0 amide bonds. The van der Waals surface area contributed by atoms with Gasteiger partial charge in [-0.05, 0) is 56.5 Å². The summed E-state index contributed by atoms with van der Waals surface area (Å²) in [6.45, 7) is 0. The molecule has 1 aliphatic rings. The zero-order chi connectivity index (χ0) is 16.1. The van der Waals surface area contributed by atoms with Crippen molar-refractivity contribution in [1.82, 2.24) is 4.90 Å². The van der Waals surface area contributed by atoms with Gasteiger partial charge in [0.25, 0.3) is 0 Å². The monoisotopic (exact) mass is 305 g/mol. The Balaban J connectivity index is 1.96. The molecule has 1 aliphatic carbocycles. The smallest absolute Gasteiger partial charge is 0.0161 e. The predicted molar refractivity (Wildman–Crippen MR) is 99.5 cm³/mol. The van der Waals surface area contributed by atoms with E-state index in [-0.39, 0.29) is 0 Å². The lowest BCUT2D eigenvalue weighted by molar-refractivity contribution is 0.234. The van der Waals surface area contributed by atoms with E-state index in [4.69, 9.17) is 0 Å². The molecule has 0 unspecified atom stereocenters. The number of hydrogen-bond acceptors (Lipinski definition) is 1. The SMILES string of the molecule is CN(C)[C@H]1CCCC=C(c2ccccc2)C[C@@H]1c1ccccc1. The third-order valence-electron chi connectivity index (χ3n) is 5.03. The zero-order valence-corrected chi connectivity index (χ0v) is 14.3. The van der Waals surface area contributed by atoms with Gasteiger partial charge < -0.3 is 4.90 Å². The van der Waals surface area contributed by atoms with Gasteiger partial charge in [-0.3, -0.25) is 0 Å². The first kappa shape index (κ1) is 16.0. The van der Waals surface area contributed by atoms with E-state index in [9.17, 15) is 0 Å². The number of benzene rings is 2. The van der Waals surface area contributed by atoms with Crippen molar-refractivity contribution in [3.63, 3.8) is 0 Å². The van der Waals surface area contributed by atoms with E-state index >= 15 is 0 Å². The Morgan fingerprint density at radius 3 is 2.17 bits per heavy atom. The highest BCUT2D eigenvalue weighted by Crippen LogP contribution is 2.37. The molecular formula is C22H27N. The molecule has 0 saturated carbocycles. The van der Waals surface area contributed by atoms with Gasteiger partial charge in [0, 0.05) is 12.0 Å². The molecule has 0 radical (unpaired) electrons. The van der Waals surface area contributed by atoms with Crippen LogP contribution in [0.15, 0.2) is 66.7 Å². The van der Waals surface area contributed by atoms with Crippen molar-refractivity contribution in [2.75, 3.05) is 14.1 Å². The molecule has 120 valence electrons. The summed E-state index contributed by atoms with van der Waals surface area (Å²) in [5, 5.41) is 0. The second-order valence-electron chi connectivity index (χ2n) is 6.78. The number of nitrogens with zero attached hydrogens (tertiary/aromatic N) is 1. The maximum absolute atomic E-state index is 2.47. The van der Waals surface area contributed by atoms with Crippen molar-refractivity contribution < 1.29 is 0 Å². The molecular weight excluding hydrogens is 278 g/mol. The Morgan fingerprint density at radius 2 is 1.52 bits per heavy atom. The van der Waals surface area contributed by atoms with Gasteiger partial charge in [0.2, 0.25) is 0 Å². The molecule has 0 spiro atoms. The van der Waals surface area contributed by atoms with Gasteiger partial charge in [-0.1, -0.05) is 66.7 Å². The van der Waals surface area contributed by atoms with E-state index in [0.29, 0.717) is 12.0 Å². The number of hydrogen-bond donors (Lipinski definition) is 0. The van der Waals surface area contributed by atoms with E-state index in [1.165, 1.54) is 36.0 Å². The van der Waals surface area contributed by atoms with Crippen molar-refractivity contribution in [2.24, 2.45) is 0 Å². The Hall–Kier alpha value is -1.86. The van der Waals surface area contributed by atoms with Gasteiger partial charge in [-0.2, -0.15) is 0 Å². The quantitative estimate of drug-likeness (QED) is 0.738. The van der Waals surface area contributed by atoms with Crippen molar-refractivity contribution >= 4 is 5.57 Å². The van der Waals surface area contributed by atoms with Gasteiger partial charge >= 0.3 is 0 Å². The second-order valence-corrected chi connectivity index (χ2v) is 6.78. The second kappa shape index (κ2) is 7.61. The number of likely N-dealkylation sites (N-methyl/N-ethyl adjacent to an activating group) is 1. The lowest BCUT2D eigenvalue weighted by atomic mass is 9.79. The van der Waals surface area contributed by atoms with Crippen LogP contribution in [0.3, 0.4) is 0 Å². The molecule has 3 rings (SSSR count). The Labute approximate surface area is 140 Å². The summed E-state index contributed by atoms with van der Waals surface area (Å²) in [6.07, 6.45) is 7.32. The molecule has 1 nitrogen and oxygen atoms in total. The first-order valence-corrected chi connectivity index (χ1v) is 8.71. The normalized spacial score (nSPS) is 22.3. The highest BCUT2D eigenvalue weighted by Gasteiger charge is 2.27. The molecule has 1 heteroatoms. The van der Waals surface area contributed by atoms with Gasteiger partial charge in [0.1, 0.15) is 0 Å². The lowest BCUT2D eigenvalue weighted by Gasteiger charge is -2.35. The Morgan fingerprint density at radius 1 is 0.870 bits per heavy atom. The molecule has 0 heterocycles. The van der Waals surface area contributed by atoms with Crippen molar-refractivity contribution in [1.29, 1.82) is 0 Å². The minimum absolute atomic E-state index is 0.554. The minimum atomic E-state index is 0.554. The van der Waals surface area contributed by atoms with E-state index < -0.39 is 0 Å². The molecule has 0 N–H and O–H groups in total. The van der Waals surface area contributed by atoms with Crippen LogP contribution >= 0.6 is 0 Å². The van der Waals surface area contributed by atoms with Gasteiger partial charge in [-0.25, -0.2) is 0 Å². The van der Waals surface area contributed by atoms with Gasteiger partial charge in [-0.15, -0.1) is 0 Å². The maximum Gasteiger partial charge on any atom is 0.0161 e. The largest absolute Gasteiger partial charge is 0.306 e. The summed E-state index contributed by atoms with van der Waals surface area (Å²) in [4.78, 5) is 2.42. The van der Waals surface area contributed by atoms with E-state index in [2.05, 4.69) is 85.7 Å². The number of rotatable bonds is 3. The lowest BCUT2D eigenvalue weighted by Crippen LogP contribution is -2.34. The first-order chi connectivity index (χ1) is 11.3. The minimum Gasteiger partial charge on any atom is -0.306 e. The van der Waals surface area contributed by atoms with E-state index in [0.717, 1.165) is 6.42 Å².